The Kier molecular flexibility index (Phi) is 5.89. The van der Waals surface area contributed by atoms with Crippen molar-refractivity contribution in [2.45, 2.75) is 57.2 Å². The molecular formula is C27H29N5O2S. The van der Waals surface area contributed by atoms with Crippen LogP contribution in [0.4, 0.5) is 5.95 Å². The van der Waals surface area contributed by atoms with Crippen LogP contribution in [0.1, 0.15) is 57.8 Å². The number of nitrogens with zero attached hydrogens (tertiary/aromatic N) is 4. The van der Waals surface area contributed by atoms with E-state index >= 15 is 0 Å². The first-order valence-electron chi connectivity index (χ1n) is 12.0. The Morgan fingerprint density at radius 1 is 1.03 bits per heavy atom. The van der Waals surface area contributed by atoms with E-state index in [-0.39, 0.29) is 12.0 Å². The first-order valence-corrected chi connectivity index (χ1v) is 13.5. The molecule has 2 N–H and O–H groups in total. The summed E-state index contributed by atoms with van der Waals surface area (Å²) in [6.45, 7) is 3.27. The van der Waals surface area contributed by atoms with E-state index in [0.29, 0.717) is 16.9 Å². The molecule has 2 heterocycles. The number of rotatable bonds is 5. The summed E-state index contributed by atoms with van der Waals surface area (Å²) in [5, 5.41) is -0.647. The Morgan fingerprint density at radius 3 is 2.40 bits per heavy atom. The van der Waals surface area contributed by atoms with Gasteiger partial charge in [0.25, 0.3) is 0 Å². The lowest BCUT2D eigenvalue weighted by Gasteiger charge is -2.26. The lowest BCUT2D eigenvalue weighted by molar-refractivity contribution is 0.353. The molecule has 0 saturated heterocycles. The smallest absolute Gasteiger partial charge is 0.244 e. The van der Waals surface area contributed by atoms with Gasteiger partial charge < -0.3 is 10.3 Å². The van der Waals surface area contributed by atoms with Crippen LogP contribution in [-0.2, 0) is 10.0 Å². The Morgan fingerprint density at radius 2 is 1.74 bits per heavy atom. The van der Waals surface area contributed by atoms with Crippen molar-refractivity contribution < 1.29 is 8.42 Å². The maximum atomic E-state index is 13.1. The number of aromatic nitrogens is 4. The normalized spacial score (nSPS) is 15.0. The molecule has 1 saturated carbocycles. The summed E-state index contributed by atoms with van der Waals surface area (Å²) in [4.78, 5) is 9.21. The Balaban J connectivity index is 1.81. The van der Waals surface area contributed by atoms with Gasteiger partial charge in [-0.15, -0.1) is 6.42 Å². The summed E-state index contributed by atoms with van der Waals surface area (Å²) in [6.07, 6.45) is 11.5. The van der Waals surface area contributed by atoms with Gasteiger partial charge in [0, 0.05) is 17.2 Å². The average Bonchev–Trinajstić information content (AvgIpc) is 3.42. The molecule has 2 aromatic carbocycles. The zero-order valence-corrected chi connectivity index (χ0v) is 20.8. The highest BCUT2D eigenvalue weighted by Crippen LogP contribution is 2.40. The predicted molar refractivity (Wildman–Crippen MR) is 140 cm³/mol. The molecule has 0 bridgehead atoms. The van der Waals surface area contributed by atoms with Crippen LogP contribution in [0.3, 0.4) is 0 Å². The van der Waals surface area contributed by atoms with Crippen LogP contribution >= 0.6 is 0 Å². The summed E-state index contributed by atoms with van der Waals surface area (Å²) in [7, 11) is -3.71. The van der Waals surface area contributed by atoms with E-state index in [2.05, 4.69) is 15.5 Å². The van der Waals surface area contributed by atoms with E-state index in [1.54, 1.807) is 13.8 Å². The number of fused-ring (bicyclic) bond motifs is 1. The number of nitrogens with two attached hydrogens (primary N) is 1. The summed E-state index contributed by atoms with van der Waals surface area (Å²) in [5.41, 5.74) is 10.5. The molecule has 0 spiro atoms. The summed E-state index contributed by atoms with van der Waals surface area (Å²) in [6, 6.07) is 15.8. The van der Waals surface area contributed by atoms with Crippen LogP contribution < -0.4 is 5.73 Å². The second-order valence-electron chi connectivity index (χ2n) is 9.34. The molecular weight excluding hydrogens is 458 g/mol. The van der Waals surface area contributed by atoms with Gasteiger partial charge in [0.2, 0.25) is 16.0 Å². The van der Waals surface area contributed by atoms with Gasteiger partial charge in [-0.3, -0.25) is 0 Å². The fourth-order valence-corrected chi connectivity index (χ4v) is 6.14. The standard InChI is InChI=1S/C27H29N5O2S/c1-4-24-30-25(19-11-7-5-8-12-19)26(31(24)21-13-9-6-10-14-21)20-15-16-22-23(17-20)32(27(28)29-22)35(33,34)18(2)3/h1,5,7-8,11-12,15-18,21H,6,9-10,13-14H2,2-3H3,(H2,28,29). The second-order valence-corrected chi connectivity index (χ2v) is 11.7. The molecule has 1 aliphatic carbocycles. The Hall–Kier alpha value is -3.57. The average molecular weight is 488 g/mol. The molecule has 180 valence electrons. The highest BCUT2D eigenvalue weighted by atomic mass is 32.2. The minimum absolute atomic E-state index is 0.0424. The molecule has 2 aromatic heterocycles. The molecule has 0 aliphatic heterocycles. The van der Waals surface area contributed by atoms with E-state index < -0.39 is 15.3 Å². The number of imidazole rings is 2. The van der Waals surface area contributed by atoms with Crippen molar-refractivity contribution in [3.05, 3.63) is 54.4 Å². The van der Waals surface area contributed by atoms with Crippen molar-refractivity contribution in [3.63, 3.8) is 0 Å². The third kappa shape index (κ3) is 3.90. The van der Waals surface area contributed by atoms with E-state index in [0.717, 1.165) is 52.2 Å². The van der Waals surface area contributed by atoms with Gasteiger partial charge in [0.05, 0.1) is 27.7 Å². The van der Waals surface area contributed by atoms with Crippen LogP contribution in [0.25, 0.3) is 33.5 Å². The SMILES string of the molecule is C#Cc1nc(-c2ccccc2)c(-c2ccc3nc(N)n(S(=O)(=O)C(C)C)c3c2)n1C1CCCCC1. The molecule has 0 radical (unpaired) electrons. The van der Waals surface area contributed by atoms with Gasteiger partial charge >= 0.3 is 0 Å². The maximum absolute atomic E-state index is 13.1. The molecule has 0 amide bonds. The first-order chi connectivity index (χ1) is 16.8. The van der Waals surface area contributed by atoms with Gasteiger partial charge in [-0.2, -0.15) is 0 Å². The van der Waals surface area contributed by atoms with Crippen molar-refractivity contribution in [3.8, 4) is 34.9 Å². The highest BCUT2D eigenvalue weighted by Gasteiger charge is 2.28. The topological polar surface area (TPSA) is 95.8 Å². The minimum atomic E-state index is -3.71. The number of benzene rings is 2. The zero-order chi connectivity index (χ0) is 24.7. The van der Waals surface area contributed by atoms with E-state index in [9.17, 15) is 8.42 Å². The van der Waals surface area contributed by atoms with Gasteiger partial charge in [0.1, 0.15) is 0 Å². The van der Waals surface area contributed by atoms with Gasteiger partial charge in [-0.05, 0) is 44.7 Å². The van der Waals surface area contributed by atoms with E-state index in [1.165, 1.54) is 6.42 Å². The number of nitrogen functional groups attached to an aromatic ring is 1. The van der Waals surface area contributed by atoms with Crippen molar-refractivity contribution in [1.29, 1.82) is 0 Å². The molecule has 0 unspecified atom stereocenters. The lowest BCUT2D eigenvalue weighted by atomic mass is 9.94. The van der Waals surface area contributed by atoms with Gasteiger partial charge in [-0.1, -0.05) is 55.7 Å². The quantitative estimate of drug-likeness (QED) is 0.389. The first kappa shape index (κ1) is 23.2. The minimum Gasteiger partial charge on any atom is -0.368 e. The monoisotopic (exact) mass is 487 g/mol. The number of anilines is 1. The summed E-state index contributed by atoms with van der Waals surface area (Å²) >= 11 is 0. The highest BCUT2D eigenvalue weighted by molar-refractivity contribution is 7.90. The predicted octanol–water partition coefficient (Wildman–Crippen LogP) is 5.22. The Labute approximate surface area is 206 Å². The Bertz CT molecular complexity index is 1540. The molecule has 7 nitrogen and oxygen atoms in total. The largest absolute Gasteiger partial charge is 0.368 e. The number of hydrogen-bond donors (Lipinski definition) is 1. The molecule has 1 fully saturated rings. The molecule has 8 heteroatoms. The molecule has 4 aromatic rings. The van der Waals surface area contributed by atoms with Crippen LogP contribution in [0.15, 0.2) is 48.5 Å². The molecule has 5 rings (SSSR count). The fourth-order valence-electron chi connectivity index (χ4n) is 5.00. The maximum Gasteiger partial charge on any atom is 0.244 e. The summed E-state index contributed by atoms with van der Waals surface area (Å²) in [5.74, 6) is 3.35. The van der Waals surface area contributed by atoms with Crippen LogP contribution in [-0.4, -0.2) is 32.2 Å². The van der Waals surface area contributed by atoms with Gasteiger partial charge in [0.15, 0.2) is 5.82 Å². The van der Waals surface area contributed by atoms with E-state index in [4.69, 9.17) is 17.1 Å². The van der Waals surface area contributed by atoms with E-state index in [1.807, 2.05) is 48.5 Å². The molecule has 35 heavy (non-hydrogen) atoms. The van der Waals surface area contributed by atoms with Crippen LogP contribution in [0, 0.1) is 12.3 Å². The van der Waals surface area contributed by atoms with Crippen LogP contribution in [0.2, 0.25) is 0 Å². The van der Waals surface area contributed by atoms with Crippen molar-refractivity contribution in [1.82, 2.24) is 18.5 Å². The van der Waals surface area contributed by atoms with Crippen molar-refractivity contribution in [2.75, 3.05) is 5.73 Å². The lowest BCUT2D eigenvalue weighted by Crippen LogP contribution is -2.23. The number of hydrogen-bond acceptors (Lipinski definition) is 5. The van der Waals surface area contributed by atoms with Gasteiger partial charge in [-0.25, -0.2) is 22.4 Å². The van der Waals surface area contributed by atoms with Crippen molar-refractivity contribution >= 4 is 27.0 Å². The molecule has 0 atom stereocenters. The second kappa shape index (κ2) is 8.90. The van der Waals surface area contributed by atoms with Crippen molar-refractivity contribution in [2.24, 2.45) is 0 Å². The number of terminal acetylenes is 1. The molecule has 1 aliphatic rings. The summed E-state index contributed by atoms with van der Waals surface area (Å²) < 4.78 is 29.6. The zero-order valence-electron chi connectivity index (χ0n) is 20.0. The third-order valence-electron chi connectivity index (χ3n) is 6.79. The van der Waals surface area contributed by atoms with Crippen LogP contribution in [0.5, 0.6) is 0 Å². The fraction of sp³-hybridized carbons (Fsp3) is 0.333. The third-order valence-corrected chi connectivity index (χ3v) is 8.87.